The Bertz CT molecular complexity index is 870. The fourth-order valence-electron chi connectivity index (χ4n) is 3.72. The zero-order chi connectivity index (χ0) is 18.1. The van der Waals surface area contributed by atoms with Crippen molar-refractivity contribution in [1.29, 1.82) is 0 Å². The molecule has 26 heavy (non-hydrogen) atoms. The van der Waals surface area contributed by atoms with Gasteiger partial charge in [0.2, 0.25) is 0 Å². The van der Waals surface area contributed by atoms with E-state index in [-0.39, 0.29) is 0 Å². The van der Waals surface area contributed by atoms with Crippen molar-refractivity contribution < 1.29 is 5.11 Å². The van der Waals surface area contributed by atoms with Crippen LogP contribution in [0.4, 0.5) is 0 Å². The first-order valence-electron chi connectivity index (χ1n) is 8.86. The quantitative estimate of drug-likeness (QED) is 0.735. The lowest BCUT2D eigenvalue weighted by molar-refractivity contribution is 0.122. The van der Waals surface area contributed by atoms with E-state index < -0.39 is 5.60 Å². The standard InChI is InChI=1S/C23H23NOS/c1-24(2)15-17-11-13-19(14-12-17)23(25)20-8-4-3-7-18(20)16-26-22-10-6-5-9-21(22)23/h3-14,25H,15-16H2,1-2H3/t23-/m0/s1. The molecule has 4 rings (SSSR count). The van der Waals surface area contributed by atoms with E-state index in [1.54, 1.807) is 11.8 Å². The molecule has 1 aliphatic heterocycles. The van der Waals surface area contributed by atoms with Crippen LogP contribution >= 0.6 is 11.8 Å². The highest BCUT2D eigenvalue weighted by molar-refractivity contribution is 7.98. The van der Waals surface area contributed by atoms with Gasteiger partial charge in [-0.15, -0.1) is 11.8 Å². The van der Waals surface area contributed by atoms with Crippen LogP contribution < -0.4 is 0 Å². The van der Waals surface area contributed by atoms with Gasteiger partial charge in [-0.1, -0.05) is 66.7 Å². The second kappa shape index (κ2) is 6.92. The summed E-state index contributed by atoms with van der Waals surface area (Å²) < 4.78 is 0. The smallest absolute Gasteiger partial charge is 0.141 e. The Labute approximate surface area is 159 Å². The maximum Gasteiger partial charge on any atom is 0.141 e. The molecule has 132 valence electrons. The summed E-state index contributed by atoms with van der Waals surface area (Å²) in [6.07, 6.45) is 0. The number of hydrogen-bond donors (Lipinski definition) is 1. The molecule has 1 N–H and O–H groups in total. The van der Waals surface area contributed by atoms with Crippen LogP contribution in [0.2, 0.25) is 0 Å². The first kappa shape index (κ1) is 17.3. The Morgan fingerprint density at radius 2 is 1.54 bits per heavy atom. The molecule has 0 saturated heterocycles. The van der Waals surface area contributed by atoms with Gasteiger partial charge in [-0.3, -0.25) is 0 Å². The lowest BCUT2D eigenvalue weighted by atomic mass is 9.78. The van der Waals surface area contributed by atoms with Crippen molar-refractivity contribution in [2.75, 3.05) is 14.1 Å². The van der Waals surface area contributed by atoms with Crippen LogP contribution in [-0.4, -0.2) is 24.1 Å². The average molecular weight is 362 g/mol. The molecule has 3 aromatic rings. The third-order valence-corrected chi connectivity index (χ3v) is 6.06. The third-order valence-electron chi connectivity index (χ3n) is 4.94. The van der Waals surface area contributed by atoms with E-state index in [1.165, 1.54) is 11.1 Å². The van der Waals surface area contributed by atoms with Gasteiger partial charge < -0.3 is 10.0 Å². The molecule has 0 saturated carbocycles. The number of aliphatic hydroxyl groups is 1. The van der Waals surface area contributed by atoms with E-state index in [2.05, 4.69) is 73.6 Å². The van der Waals surface area contributed by atoms with Crippen molar-refractivity contribution in [3.63, 3.8) is 0 Å². The lowest BCUT2D eigenvalue weighted by Crippen LogP contribution is -2.30. The second-order valence-corrected chi connectivity index (χ2v) is 8.10. The molecule has 0 bridgehead atoms. The number of thioether (sulfide) groups is 1. The minimum Gasteiger partial charge on any atom is -0.376 e. The minimum absolute atomic E-state index is 0.869. The summed E-state index contributed by atoms with van der Waals surface area (Å²) in [4.78, 5) is 3.29. The zero-order valence-corrected chi connectivity index (χ0v) is 16.0. The second-order valence-electron chi connectivity index (χ2n) is 7.09. The largest absolute Gasteiger partial charge is 0.376 e. The van der Waals surface area contributed by atoms with Gasteiger partial charge in [0.15, 0.2) is 0 Å². The van der Waals surface area contributed by atoms with E-state index in [9.17, 15) is 5.11 Å². The molecular formula is C23H23NOS. The summed E-state index contributed by atoms with van der Waals surface area (Å²) in [5, 5.41) is 12.1. The summed E-state index contributed by atoms with van der Waals surface area (Å²) >= 11 is 1.79. The van der Waals surface area contributed by atoms with E-state index in [0.717, 1.165) is 33.9 Å². The molecule has 1 heterocycles. The van der Waals surface area contributed by atoms with E-state index in [4.69, 9.17) is 0 Å². The predicted molar refractivity (Wildman–Crippen MR) is 108 cm³/mol. The molecule has 0 aliphatic carbocycles. The number of benzene rings is 3. The van der Waals surface area contributed by atoms with Gasteiger partial charge in [0, 0.05) is 22.8 Å². The summed E-state index contributed by atoms with van der Waals surface area (Å²) in [5.74, 6) is 0.869. The van der Waals surface area contributed by atoms with Crippen molar-refractivity contribution in [3.8, 4) is 0 Å². The van der Waals surface area contributed by atoms with E-state index in [0.29, 0.717) is 0 Å². The SMILES string of the molecule is CN(C)Cc1ccc([C@]2(O)c3ccccc3CSc3ccccc32)cc1. The van der Waals surface area contributed by atoms with Gasteiger partial charge in [0.25, 0.3) is 0 Å². The number of nitrogens with zero attached hydrogens (tertiary/aromatic N) is 1. The maximum absolute atomic E-state index is 12.1. The molecule has 0 radical (unpaired) electrons. The van der Waals surface area contributed by atoms with E-state index in [1.807, 2.05) is 18.2 Å². The van der Waals surface area contributed by atoms with Crippen LogP contribution in [0.3, 0.4) is 0 Å². The highest BCUT2D eigenvalue weighted by atomic mass is 32.2. The molecule has 0 aromatic heterocycles. The zero-order valence-electron chi connectivity index (χ0n) is 15.1. The predicted octanol–water partition coefficient (Wildman–Crippen LogP) is 4.64. The summed E-state index contributed by atoms with van der Waals surface area (Å²) in [6.45, 7) is 0.891. The summed E-state index contributed by atoms with van der Waals surface area (Å²) in [5.41, 5.74) is 4.17. The molecular weight excluding hydrogens is 338 g/mol. The number of hydrogen-bond acceptors (Lipinski definition) is 3. The molecule has 3 aromatic carbocycles. The Hall–Kier alpha value is -2.07. The topological polar surface area (TPSA) is 23.5 Å². The van der Waals surface area contributed by atoms with Gasteiger partial charge in [0.1, 0.15) is 5.60 Å². The van der Waals surface area contributed by atoms with Gasteiger partial charge in [0.05, 0.1) is 0 Å². The van der Waals surface area contributed by atoms with Crippen molar-refractivity contribution in [2.24, 2.45) is 0 Å². The number of fused-ring (bicyclic) bond motifs is 2. The monoisotopic (exact) mass is 361 g/mol. The normalized spacial score (nSPS) is 18.9. The van der Waals surface area contributed by atoms with Gasteiger partial charge in [-0.25, -0.2) is 0 Å². The van der Waals surface area contributed by atoms with Crippen molar-refractivity contribution >= 4 is 11.8 Å². The van der Waals surface area contributed by atoms with Gasteiger partial charge >= 0.3 is 0 Å². The van der Waals surface area contributed by atoms with Crippen LogP contribution in [-0.2, 0) is 17.9 Å². The fraction of sp³-hybridized carbons (Fsp3) is 0.217. The van der Waals surface area contributed by atoms with Crippen LogP contribution in [0.15, 0.2) is 77.7 Å². The number of rotatable bonds is 3. The third kappa shape index (κ3) is 2.96. The Morgan fingerprint density at radius 1 is 0.885 bits per heavy atom. The molecule has 3 heteroatoms. The van der Waals surface area contributed by atoms with Crippen molar-refractivity contribution in [3.05, 3.63) is 101 Å². The van der Waals surface area contributed by atoms with Gasteiger partial charge in [-0.05, 0) is 42.4 Å². The van der Waals surface area contributed by atoms with Crippen LogP contribution in [0.5, 0.6) is 0 Å². The highest BCUT2D eigenvalue weighted by Gasteiger charge is 2.39. The molecule has 0 spiro atoms. The maximum atomic E-state index is 12.1. The molecule has 0 amide bonds. The van der Waals surface area contributed by atoms with E-state index >= 15 is 0 Å². The highest BCUT2D eigenvalue weighted by Crippen LogP contribution is 2.46. The summed E-state index contributed by atoms with van der Waals surface area (Å²) in [6, 6.07) is 24.9. The first-order chi connectivity index (χ1) is 12.6. The molecule has 2 nitrogen and oxygen atoms in total. The minimum atomic E-state index is -1.13. The Morgan fingerprint density at radius 3 is 2.27 bits per heavy atom. The molecule has 1 aliphatic rings. The van der Waals surface area contributed by atoms with Crippen molar-refractivity contribution in [1.82, 2.24) is 4.90 Å². The fourth-order valence-corrected chi connectivity index (χ4v) is 4.83. The average Bonchev–Trinajstić information content (AvgIpc) is 2.78. The van der Waals surface area contributed by atoms with Crippen LogP contribution in [0.25, 0.3) is 0 Å². The lowest BCUT2D eigenvalue weighted by Gasteiger charge is -2.31. The molecule has 0 fully saturated rings. The van der Waals surface area contributed by atoms with Crippen LogP contribution in [0, 0.1) is 0 Å². The first-order valence-corrected chi connectivity index (χ1v) is 9.85. The molecule has 0 unspecified atom stereocenters. The molecule has 1 atom stereocenters. The van der Waals surface area contributed by atoms with Crippen molar-refractivity contribution in [2.45, 2.75) is 22.8 Å². The summed E-state index contributed by atoms with van der Waals surface area (Å²) in [7, 11) is 4.13. The Kier molecular flexibility index (Phi) is 4.62. The van der Waals surface area contributed by atoms with Gasteiger partial charge in [-0.2, -0.15) is 0 Å². The van der Waals surface area contributed by atoms with Crippen LogP contribution in [0.1, 0.15) is 27.8 Å². The Balaban J connectivity index is 1.90.